The molecule has 4 rings (SSSR count). The van der Waals surface area contributed by atoms with Gasteiger partial charge in [0.1, 0.15) is 5.75 Å². The third kappa shape index (κ3) is 8.83. The van der Waals surface area contributed by atoms with E-state index in [-0.39, 0.29) is 31.5 Å². The van der Waals surface area contributed by atoms with E-state index in [4.69, 9.17) is 9.47 Å². The highest BCUT2D eigenvalue weighted by molar-refractivity contribution is 8.76. The first kappa shape index (κ1) is 37.0. The number of rotatable bonds is 17. The quantitative estimate of drug-likeness (QED) is 0.0925. The molecule has 45 heavy (non-hydrogen) atoms. The van der Waals surface area contributed by atoms with Crippen LogP contribution in [0, 0.1) is 17.3 Å². The summed E-state index contributed by atoms with van der Waals surface area (Å²) < 4.78 is 95.2. The third-order valence-corrected chi connectivity index (χ3v) is 13.0. The van der Waals surface area contributed by atoms with Crippen LogP contribution >= 0.6 is 21.6 Å². The number of benzene rings is 1. The van der Waals surface area contributed by atoms with E-state index in [0.717, 1.165) is 50.0 Å². The number of aryl methyl sites for hydroxylation is 1. The van der Waals surface area contributed by atoms with Crippen LogP contribution in [0.25, 0.3) is 0 Å². The second kappa shape index (κ2) is 16.1. The minimum absolute atomic E-state index is 0.0283. The molecule has 0 heterocycles. The van der Waals surface area contributed by atoms with Crippen LogP contribution in [0.4, 0.5) is 26.3 Å². The van der Waals surface area contributed by atoms with E-state index in [9.17, 15) is 26.3 Å². The van der Waals surface area contributed by atoms with E-state index in [1.54, 1.807) is 0 Å². The van der Waals surface area contributed by atoms with E-state index in [0.29, 0.717) is 24.4 Å². The number of ether oxygens (including phenoxy) is 3. The maximum absolute atomic E-state index is 13.1. The monoisotopic (exact) mass is 684 g/mol. The zero-order valence-corrected chi connectivity index (χ0v) is 28.5. The summed E-state index contributed by atoms with van der Waals surface area (Å²) in [4.78, 5) is 0. The van der Waals surface area contributed by atoms with Crippen LogP contribution in [0.2, 0.25) is 0 Å². The van der Waals surface area contributed by atoms with Gasteiger partial charge in [-0.05, 0) is 105 Å². The predicted octanol–water partition coefficient (Wildman–Crippen LogP) is 10.9. The van der Waals surface area contributed by atoms with E-state index >= 15 is 0 Å². The second-order valence-electron chi connectivity index (χ2n) is 13.4. The molecule has 0 bridgehead atoms. The van der Waals surface area contributed by atoms with Crippen molar-refractivity contribution in [2.45, 2.75) is 128 Å². The van der Waals surface area contributed by atoms with Crippen LogP contribution in [0.3, 0.4) is 0 Å². The molecule has 5 unspecified atom stereocenters. The molecule has 5 atom stereocenters. The summed E-state index contributed by atoms with van der Waals surface area (Å²) in [6, 6.07) is 6.61. The van der Waals surface area contributed by atoms with Gasteiger partial charge in [0, 0.05) is 18.1 Å². The Kier molecular flexibility index (Phi) is 13.2. The molecule has 2 saturated carbocycles. The van der Waals surface area contributed by atoms with Crippen molar-refractivity contribution in [3.05, 3.63) is 29.3 Å². The summed E-state index contributed by atoms with van der Waals surface area (Å²) in [5.74, 6) is 4.66. The largest absolute Gasteiger partial charge is 0.493 e. The van der Waals surface area contributed by atoms with Gasteiger partial charge < -0.3 is 14.2 Å². The Labute approximate surface area is 273 Å². The summed E-state index contributed by atoms with van der Waals surface area (Å²) >= 11 is 0. The van der Waals surface area contributed by atoms with Crippen LogP contribution in [-0.2, 0) is 15.9 Å². The molecule has 0 spiro atoms. The molecule has 258 valence electrons. The average molecular weight is 685 g/mol. The Balaban J connectivity index is 1.21. The highest BCUT2D eigenvalue weighted by atomic mass is 33.1. The van der Waals surface area contributed by atoms with Crippen molar-refractivity contribution in [3.63, 3.8) is 0 Å². The van der Waals surface area contributed by atoms with Crippen molar-refractivity contribution >= 4 is 21.6 Å². The Morgan fingerprint density at radius 1 is 0.844 bits per heavy atom. The van der Waals surface area contributed by atoms with Crippen LogP contribution in [0.5, 0.6) is 5.75 Å². The lowest BCUT2D eigenvalue weighted by atomic mass is 9.55. The van der Waals surface area contributed by atoms with Crippen molar-refractivity contribution in [3.8, 4) is 5.75 Å². The summed E-state index contributed by atoms with van der Waals surface area (Å²) in [6.07, 6.45) is 1.47. The zero-order valence-electron chi connectivity index (χ0n) is 26.9. The third-order valence-electron chi connectivity index (χ3n) is 10.5. The molecular weight excluding hydrogens is 634 g/mol. The summed E-state index contributed by atoms with van der Waals surface area (Å²) in [5.41, 5.74) is -1.40. The second-order valence-corrected chi connectivity index (χ2v) is 16.1. The van der Waals surface area contributed by atoms with Gasteiger partial charge in [-0.15, -0.1) is 0 Å². The molecule has 1 aromatic carbocycles. The van der Waals surface area contributed by atoms with E-state index in [1.165, 1.54) is 49.0 Å². The number of hydrogen-bond donors (Lipinski definition) is 0. The van der Waals surface area contributed by atoms with Crippen molar-refractivity contribution in [1.29, 1.82) is 0 Å². The Morgan fingerprint density at radius 3 is 2.31 bits per heavy atom. The maximum Gasteiger partial charge on any atom is 0.426 e. The Bertz CT molecular complexity index is 1050. The molecule has 0 N–H and O–H groups in total. The van der Waals surface area contributed by atoms with E-state index in [2.05, 4.69) is 36.8 Å². The molecule has 1 aromatic rings. The lowest BCUT2D eigenvalue weighted by Gasteiger charge is -2.50. The molecule has 0 radical (unpaired) electrons. The number of unbranched alkanes of at least 4 members (excludes halogenated alkanes) is 4. The molecule has 0 amide bonds. The minimum Gasteiger partial charge on any atom is -0.493 e. The first-order chi connectivity index (χ1) is 21.3. The standard InChI is InChI=1S/C34H50F6O3S2/c1-4-5-6-7-8-21-44-45-22-20-41-25-11-13-26-24(23-25)10-12-28-27(26)16-17-31(2)29(28)14-15-30(31)42-18-9-19-43-32(3,33(35,36)37)34(38,39)40/h11,13,23,27-30H,4-10,12,14-22H2,1-3H3. The topological polar surface area (TPSA) is 27.7 Å². The highest BCUT2D eigenvalue weighted by Crippen LogP contribution is 2.61. The molecular formula is C34H50F6O3S2. The van der Waals surface area contributed by atoms with Gasteiger partial charge in [-0.25, -0.2) is 0 Å². The van der Waals surface area contributed by atoms with Gasteiger partial charge in [-0.2, -0.15) is 26.3 Å². The molecule has 0 aromatic heterocycles. The van der Waals surface area contributed by atoms with Crippen LogP contribution in [-0.4, -0.2) is 55.4 Å². The molecule has 3 aliphatic rings. The maximum atomic E-state index is 13.1. The molecule has 3 aliphatic carbocycles. The van der Waals surface area contributed by atoms with Gasteiger partial charge in [-0.3, -0.25) is 0 Å². The number of halogens is 6. The van der Waals surface area contributed by atoms with E-state index < -0.39 is 24.6 Å². The lowest BCUT2D eigenvalue weighted by Crippen LogP contribution is -2.56. The number of fused-ring (bicyclic) bond motifs is 5. The smallest absolute Gasteiger partial charge is 0.426 e. The average Bonchev–Trinajstić information content (AvgIpc) is 3.32. The van der Waals surface area contributed by atoms with Crippen LogP contribution in [0.1, 0.15) is 108 Å². The molecule has 2 fully saturated rings. The predicted molar refractivity (Wildman–Crippen MR) is 171 cm³/mol. The first-order valence-corrected chi connectivity index (χ1v) is 19.2. The molecule has 0 saturated heterocycles. The Morgan fingerprint density at radius 2 is 1.58 bits per heavy atom. The SMILES string of the molecule is CCCCCCCSSCCOc1ccc2c(c1)CCC1C2CCC2(C)C(OCCCOC(C)(C(F)(F)F)C(F)(F)F)CCC12. The van der Waals surface area contributed by atoms with Gasteiger partial charge in [0.25, 0.3) is 5.60 Å². The van der Waals surface area contributed by atoms with E-state index in [1.807, 2.05) is 21.6 Å². The van der Waals surface area contributed by atoms with Crippen molar-refractivity contribution in [1.82, 2.24) is 0 Å². The molecule has 3 nitrogen and oxygen atoms in total. The first-order valence-electron chi connectivity index (χ1n) is 16.7. The summed E-state index contributed by atoms with van der Waals surface area (Å²) in [7, 11) is 3.84. The number of alkyl halides is 6. The normalized spacial score (nSPS) is 26.8. The summed E-state index contributed by atoms with van der Waals surface area (Å²) in [6.45, 7) is 4.66. The van der Waals surface area contributed by atoms with Gasteiger partial charge in [0.2, 0.25) is 0 Å². The fraction of sp³-hybridized carbons (Fsp3) is 0.824. The van der Waals surface area contributed by atoms with Crippen molar-refractivity contribution in [2.24, 2.45) is 17.3 Å². The fourth-order valence-electron chi connectivity index (χ4n) is 7.84. The lowest BCUT2D eigenvalue weighted by molar-refractivity contribution is -0.374. The van der Waals surface area contributed by atoms with Crippen LogP contribution < -0.4 is 4.74 Å². The summed E-state index contributed by atoms with van der Waals surface area (Å²) in [5, 5.41) is 0. The van der Waals surface area contributed by atoms with Crippen molar-refractivity contribution < 1.29 is 40.6 Å². The molecule has 11 heteroatoms. The van der Waals surface area contributed by atoms with Gasteiger partial charge in [0.05, 0.1) is 19.3 Å². The van der Waals surface area contributed by atoms with Gasteiger partial charge in [0.15, 0.2) is 0 Å². The van der Waals surface area contributed by atoms with Crippen molar-refractivity contribution in [2.75, 3.05) is 31.3 Å². The minimum atomic E-state index is -5.55. The molecule has 0 aliphatic heterocycles. The van der Waals surface area contributed by atoms with Gasteiger partial charge in [-0.1, -0.05) is 67.2 Å². The fourth-order valence-corrected chi connectivity index (χ4v) is 9.81. The zero-order chi connectivity index (χ0) is 32.7. The van der Waals surface area contributed by atoms with Crippen LogP contribution in [0.15, 0.2) is 18.2 Å². The van der Waals surface area contributed by atoms with Gasteiger partial charge >= 0.3 is 12.4 Å². The highest BCUT2D eigenvalue weighted by Gasteiger charge is 2.69. The number of hydrogen-bond acceptors (Lipinski definition) is 5. The Hall–Kier alpha value is -0.780.